The molecule has 0 spiro atoms. The zero-order chi connectivity index (χ0) is 35.7. The van der Waals surface area contributed by atoms with Gasteiger partial charge in [-0.3, -0.25) is 4.79 Å². The number of hydrogen-bond acceptors (Lipinski definition) is 5. The van der Waals surface area contributed by atoms with Crippen molar-refractivity contribution in [2.75, 3.05) is 26.4 Å². The van der Waals surface area contributed by atoms with Crippen molar-refractivity contribution in [2.24, 2.45) is 52.1 Å². The number of nitrogens with two attached hydrogens (primary N) is 1. The van der Waals surface area contributed by atoms with Gasteiger partial charge in [0.25, 0.3) is 0 Å². The van der Waals surface area contributed by atoms with Gasteiger partial charge >= 0.3 is 5.97 Å². The molecule has 0 unspecified atom stereocenters. The molecule has 0 aliphatic heterocycles. The molecule has 49 heavy (non-hydrogen) atoms. The molecule has 5 nitrogen and oxygen atoms in total. The predicted octanol–water partition coefficient (Wildman–Crippen LogP) is 11.2. The second kappa shape index (κ2) is 18.7. The quantitative estimate of drug-likeness (QED) is 0.0740. The van der Waals surface area contributed by atoms with Crippen LogP contribution in [0.1, 0.15) is 177 Å². The van der Waals surface area contributed by atoms with Gasteiger partial charge in [0.1, 0.15) is 6.10 Å². The van der Waals surface area contributed by atoms with Gasteiger partial charge in [-0.15, -0.1) is 0 Å². The van der Waals surface area contributed by atoms with Crippen LogP contribution in [0.3, 0.4) is 0 Å². The normalized spacial score (nSPS) is 32.2. The van der Waals surface area contributed by atoms with Crippen molar-refractivity contribution in [1.29, 1.82) is 0 Å². The number of rotatable bonds is 21. The van der Waals surface area contributed by atoms with Crippen LogP contribution < -0.4 is 5.73 Å². The largest absolute Gasteiger partial charge is 0.462 e. The van der Waals surface area contributed by atoms with Gasteiger partial charge in [-0.25, -0.2) is 0 Å². The highest BCUT2D eigenvalue weighted by atomic mass is 16.5. The molecule has 2 N–H and O–H groups in total. The number of hydrogen-bond donors (Lipinski definition) is 1. The summed E-state index contributed by atoms with van der Waals surface area (Å²) in [6.45, 7) is 21.9. The van der Waals surface area contributed by atoms with E-state index in [1.807, 2.05) is 0 Å². The average Bonchev–Trinajstić information content (AvgIpc) is 3.41. The zero-order valence-electron chi connectivity index (χ0n) is 33.5. The number of carbonyl (C=O) groups excluding carboxylic acids is 1. The molecule has 8 atom stereocenters. The molecule has 0 aromatic rings. The van der Waals surface area contributed by atoms with E-state index in [1.165, 1.54) is 44.9 Å². The van der Waals surface area contributed by atoms with E-state index in [9.17, 15) is 4.79 Å². The van der Waals surface area contributed by atoms with Gasteiger partial charge < -0.3 is 19.9 Å². The van der Waals surface area contributed by atoms with E-state index in [-0.39, 0.29) is 23.0 Å². The Morgan fingerprint density at radius 3 is 2.04 bits per heavy atom. The highest BCUT2D eigenvalue weighted by Gasteiger charge is 2.61. The maximum Gasteiger partial charge on any atom is 0.302 e. The zero-order valence-corrected chi connectivity index (χ0v) is 33.5. The lowest BCUT2D eigenvalue weighted by atomic mass is 9.44. The lowest BCUT2D eigenvalue weighted by Gasteiger charge is -2.61. The van der Waals surface area contributed by atoms with E-state index in [0.717, 1.165) is 127 Å². The topological polar surface area (TPSA) is 70.8 Å². The van der Waals surface area contributed by atoms with Gasteiger partial charge in [0.05, 0.1) is 0 Å². The van der Waals surface area contributed by atoms with Gasteiger partial charge in [-0.2, -0.15) is 0 Å². The Hall–Kier alpha value is -0.910. The summed E-state index contributed by atoms with van der Waals surface area (Å²) < 4.78 is 18.2. The summed E-state index contributed by atoms with van der Waals surface area (Å²) >= 11 is 0. The van der Waals surface area contributed by atoms with Crippen LogP contribution in [-0.2, 0) is 19.0 Å². The van der Waals surface area contributed by atoms with Crippen molar-refractivity contribution >= 4 is 5.97 Å². The maximum atomic E-state index is 12.2. The second-order valence-corrected chi connectivity index (χ2v) is 18.3. The van der Waals surface area contributed by atoms with Crippen LogP contribution in [0, 0.1) is 46.3 Å². The van der Waals surface area contributed by atoms with E-state index < -0.39 is 0 Å². The molecule has 0 heterocycles. The monoisotopic (exact) mass is 686 g/mol. The van der Waals surface area contributed by atoms with Crippen LogP contribution in [0.15, 0.2) is 11.1 Å². The van der Waals surface area contributed by atoms with Gasteiger partial charge in [0.15, 0.2) is 0 Å². The molecule has 3 saturated carbocycles. The van der Waals surface area contributed by atoms with Crippen molar-refractivity contribution in [3.8, 4) is 0 Å². The van der Waals surface area contributed by atoms with Crippen molar-refractivity contribution < 1.29 is 19.0 Å². The molecular formula is C44H79NO4. The van der Waals surface area contributed by atoms with Crippen molar-refractivity contribution in [1.82, 2.24) is 0 Å². The smallest absolute Gasteiger partial charge is 0.302 e. The third-order valence-electron chi connectivity index (χ3n) is 14.4. The predicted molar refractivity (Wildman–Crippen MR) is 204 cm³/mol. The number of ether oxygens (including phenoxy) is 3. The maximum absolute atomic E-state index is 12.2. The van der Waals surface area contributed by atoms with Crippen LogP contribution in [0.25, 0.3) is 0 Å². The molecule has 4 aliphatic carbocycles. The summed E-state index contributed by atoms with van der Waals surface area (Å²) in [7, 11) is 0. The molecule has 0 saturated heterocycles. The first-order chi connectivity index (χ1) is 23.4. The fourth-order valence-corrected chi connectivity index (χ4v) is 11.7. The Labute approximate surface area is 303 Å². The van der Waals surface area contributed by atoms with E-state index in [2.05, 4.69) is 48.5 Å². The third kappa shape index (κ3) is 9.95. The molecule has 0 aromatic heterocycles. The summed E-state index contributed by atoms with van der Waals surface area (Å²) in [6, 6.07) is 0. The Bertz CT molecular complexity index is 1040. The highest BCUT2D eigenvalue weighted by molar-refractivity contribution is 5.66. The van der Waals surface area contributed by atoms with E-state index in [0.29, 0.717) is 17.3 Å². The fourth-order valence-electron chi connectivity index (χ4n) is 11.7. The molecule has 4 rings (SSSR count). The van der Waals surface area contributed by atoms with Crippen molar-refractivity contribution in [2.45, 2.75) is 189 Å². The first kappa shape index (κ1) is 40.9. The highest BCUT2D eigenvalue weighted by Crippen LogP contribution is 2.69. The Morgan fingerprint density at radius 2 is 1.45 bits per heavy atom. The van der Waals surface area contributed by atoms with Gasteiger partial charge in [0.2, 0.25) is 0 Å². The molecule has 284 valence electrons. The molecule has 4 aliphatic rings. The van der Waals surface area contributed by atoms with Gasteiger partial charge in [0, 0.05) is 45.3 Å². The van der Waals surface area contributed by atoms with Crippen LogP contribution in [0.5, 0.6) is 0 Å². The lowest BCUT2D eigenvalue weighted by Crippen LogP contribution is -2.55. The standard InChI is InChI=1S/C44H79NO4/c1-9-11-26-47-28-14-22-44(45,23-15-29-48-27-12-10-2)41-31-36-38-19-18-37(33(5)17-13-16-32(3)4)42(38,7)25-21-39(36)43(8)24-20-35(30-40(41)43)49-34(6)46/h32-33,35-39H,9-31,45H2,1-8H3/t33-,35+,36+,37-,38+,39+,42-,43-/m1/s1. The van der Waals surface area contributed by atoms with Gasteiger partial charge in [-0.1, -0.05) is 91.7 Å². The SMILES string of the molecule is CCCCOCCCC(N)(CCCOCCCC)C1=C2C[C@@H](OC(C)=O)CC[C@]2(C)[C@H]2CC[C@]3(C)[C@@H]([C@H](C)CCCC(C)C)CC[C@H]3[C@@H]2C1. The summed E-state index contributed by atoms with van der Waals surface area (Å²) in [6.07, 6.45) is 22.1. The Kier molecular flexibility index (Phi) is 15.6. The summed E-state index contributed by atoms with van der Waals surface area (Å²) in [5.41, 5.74) is 11.2. The van der Waals surface area contributed by atoms with E-state index in [4.69, 9.17) is 19.9 Å². The van der Waals surface area contributed by atoms with Crippen LogP contribution in [0.2, 0.25) is 0 Å². The van der Waals surface area contributed by atoms with E-state index >= 15 is 0 Å². The fraction of sp³-hybridized carbons (Fsp3) is 0.932. The number of unbranched alkanes of at least 4 members (excludes halogenated alkanes) is 2. The summed E-state index contributed by atoms with van der Waals surface area (Å²) in [4.78, 5) is 12.2. The lowest BCUT2D eigenvalue weighted by molar-refractivity contribution is -0.148. The average molecular weight is 686 g/mol. The van der Waals surface area contributed by atoms with E-state index in [1.54, 1.807) is 18.1 Å². The molecular weight excluding hydrogens is 606 g/mol. The van der Waals surface area contributed by atoms with Crippen molar-refractivity contribution in [3.05, 3.63) is 11.1 Å². The Morgan fingerprint density at radius 1 is 0.816 bits per heavy atom. The summed E-state index contributed by atoms with van der Waals surface area (Å²) in [5.74, 6) is 4.49. The minimum Gasteiger partial charge on any atom is -0.462 e. The number of fused-ring (bicyclic) bond motifs is 5. The molecule has 0 bridgehead atoms. The van der Waals surface area contributed by atoms with Crippen LogP contribution in [-0.4, -0.2) is 44.0 Å². The number of esters is 1. The minimum atomic E-state index is -0.377. The molecule has 5 heteroatoms. The number of carbonyl (C=O) groups is 1. The van der Waals surface area contributed by atoms with Gasteiger partial charge in [-0.05, 0) is 130 Å². The summed E-state index contributed by atoms with van der Waals surface area (Å²) in [5, 5.41) is 0. The molecule has 0 radical (unpaired) electrons. The minimum absolute atomic E-state index is 0.0254. The van der Waals surface area contributed by atoms with Crippen molar-refractivity contribution in [3.63, 3.8) is 0 Å². The molecule has 3 fully saturated rings. The third-order valence-corrected chi connectivity index (χ3v) is 14.4. The first-order valence-electron chi connectivity index (χ1n) is 21.2. The first-order valence-corrected chi connectivity index (χ1v) is 21.2. The van der Waals surface area contributed by atoms with Crippen LogP contribution in [0.4, 0.5) is 0 Å². The molecule has 0 aromatic carbocycles. The van der Waals surface area contributed by atoms with Crippen LogP contribution >= 0.6 is 0 Å². The molecule has 0 amide bonds. The Balaban J connectivity index is 1.65. The second-order valence-electron chi connectivity index (χ2n) is 18.3.